The van der Waals surface area contributed by atoms with E-state index in [1.165, 1.54) is 6.07 Å². The number of imidazole rings is 1. The zero-order valence-corrected chi connectivity index (χ0v) is 11.4. The van der Waals surface area contributed by atoms with Crippen LogP contribution in [0.25, 0.3) is 11.0 Å². The zero-order chi connectivity index (χ0) is 13.2. The Bertz CT molecular complexity index is 578. The van der Waals surface area contributed by atoms with Crippen molar-refractivity contribution in [3.05, 3.63) is 29.8 Å². The van der Waals surface area contributed by atoms with Crippen molar-refractivity contribution in [3.63, 3.8) is 0 Å². The number of fused-ring (bicyclic) bond motifs is 1. The fraction of sp³-hybridized carbons (Fsp3) is 0.500. The van der Waals surface area contributed by atoms with Crippen LogP contribution in [0.1, 0.15) is 24.7 Å². The Hall–Kier alpha value is -1.13. The summed E-state index contributed by atoms with van der Waals surface area (Å²) in [6, 6.07) is 5.08. The lowest BCUT2D eigenvalue weighted by Crippen LogP contribution is -2.21. The summed E-state index contributed by atoms with van der Waals surface area (Å²) in [5.74, 6) is 1.25. The quantitative estimate of drug-likeness (QED) is 0.808. The molecule has 0 aliphatic carbocycles. The second kappa shape index (κ2) is 5.47. The average Bonchev–Trinajstić information content (AvgIpc) is 2.77. The van der Waals surface area contributed by atoms with Crippen molar-refractivity contribution in [3.8, 4) is 0 Å². The number of aromatic nitrogens is 2. The number of halogens is 2. The van der Waals surface area contributed by atoms with Crippen LogP contribution < -0.4 is 0 Å². The van der Waals surface area contributed by atoms with E-state index in [0.29, 0.717) is 18.3 Å². The molecule has 3 nitrogen and oxygen atoms in total. The number of alkyl halides is 1. The predicted octanol–water partition coefficient (Wildman–Crippen LogP) is 3.31. The molecule has 19 heavy (non-hydrogen) atoms. The van der Waals surface area contributed by atoms with Gasteiger partial charge in [-0.05, 0) is 31.0 Å². The molecule has 0 amide bonds. The van der Waals surface area contributed by atoms with Crippen LogP contribution in [0, 0.1) is 5.82 Å². The van der Waals surface area contributed by atoms with Gasteiger partial charge in [-0.25, -0.2) is 9.37 Å². The van der Waals surface area contributed by atoms with Gasteiger partial charge in [-0.1, -0.05) is 0 Å². The highest BCUT2D eigenvalue weighted by molar-refractivity contribution is 6.17. The molecule has 0 spiro atoms. The normalized spacial score (nSPS) is 17.2. The SMILES string of the molecule is Fc1ccc2nc(CCCl)n(C3CCOCC3)c2c1. The molecule has 0 saturated carbocycles. The van der Waals surface area contributed by atoms with E-state index in [0.717, 1.165) is 42.9 Å². The van der Waals surface area contributed by atoms with E-state index in [1.54, 1.807) is 12.1 Å². The molecule has 1 aliphatic heterocycles. The lowest BCUT2D eigenvalue weighted by molar-refractivity contribution is 0.0699. The number of nitrogens with zero attached hydrogens (tertiary/aromatic N) is 2. The third-order valence-electron chi connectivity index (χ3n) is 3.60. The van der Waals surface area contributed by atoms with E-state index in [2.05, 4.69) is 9.55 Å². The van der Waals surface area contributed by atoms with E-state index in [4.69, 9.17) is 16.3 Å². The van der Waals surface area contributed by atoms with Crippen molar-refractivity contribution in [2.24, 2.45) is 0 Å². The minimum atomic E-state index is -0.224. The molecule has 2 heterocycles. The summed E-state index contributed by atoms with van der Waals surface area (Å²) in [5, 5.41) is 0. The highest BCUT2D eigenvalue weighted by Crippen LogP contribution is 2.28. The van der Waals surface area contributed by atoms with Crippen molar-refractivity contribution in [2.75, 3.05) is 19.1 Å². The Morgan fingerprint density at radius 2 is 2.16 bits per heavy atom. The first-order valence-corrected chi connectivity index (χ1v) is 7.13. The van der Waals surface area contributed by atoms with Crippen LogP contribution in [0.15, 0.2) is 18.2 Å². The van der Waals surface area contributed by atoms with E-state index in [9.17, 15) is 4.39 Å². The van der Waals surface area contributed by atoms with E-state index in [-0.39, 0.29) is 5.82 Å². The Morgan fingerprint density at radius 1 is 1.37 bits per heavy atom. The van der Waals surface area contributed by atoms with Gasteiger partial charge in [-0.15, -0.1) is 11.6 Å². The minimum Gasteiger partial charge on any atom is -0.381 e. The minimum absolute atomic E-state index is 0.224. The molecule has 0 atom stereocenters. The fourth-order valence-electron chi connectivity index (χ4n) is 2.73. The molecule has 0 N–H and O–H groups in total. The first-order chi connectivity index (χ1) is 9.29. The van der Waals surface area contributed by atoms with Crippen molar-refractivity contribution >= 4 is 22.6 Å². The molecule has 102 valence electrons. The number of rotatable bonds is 3. The van der Waals surface area contributed by atoms with Crippen LogP contribution in [-0.4, -0.2) is 28.6 Å². The molecule has 1 fully saturated rings. The van der Waals surface area contributed by atoms with Crippen LogP contribution in [-0.2, 0) is 11.2 Å². The van der Waals surface area contributed by atoms with Gasteiger partial charge < -0.3 is 9.30 Å². The third kappa shape index (κ3) is 2.47. The molecule has 1 aromatic carbocycles. The van der Waals surface area contributed by atoms with Gasteiger partial charge in [0.25, 0.3) is 0 Å². The first-order valence-electron chi connectivity index (χ1n) is 6.59. The van der Waals surface area contributed by atoms with Crippen LogP contribution in [0.2, 0.25) is 0 Å². The van der Waals surface area contributed by atoms with Gasteiger partial charge in [0, 0.05) is 31.6 Å². The van der Waals surface area contributed by atoms with Gasteiger partial charge in [0.1, 0.15) is 11.6 Å². The fourth-order valence-corrected chi connectivity index (χ4v) is 2.90. The van der Waals surface area contributed by atoms with Gasteiger partial charge in [0.05, 0.1) is 11.0 Å². The van der Waals surface area contributed by atoms with Gasteiger partial charge in [0.15, 0.2) is 0 Å². The first kappa shape index (κ1) is 12.9. The zero-order valence-electron chi connectivity index (χ0n) is 10.6. The van der Waals surface area contributed by atoms with Crippen molar-refractivity contribution in [2.45, 2.75) is 25.3 Å². The van der Waals surface area contributed by atoms with Gasteiger partial charge >= 0.3 is 0 Å². The molecular formula is C14H16ClFN2O. The Kier molecular flexibility index (Phi) is 3.71. The van der Waals surface area contributed by atoms with Gasteiger partial charge in [-0.3, -0.25) is 0 Å². The molecule has 1 aliphatic rings. The van der Waals surface area contributed by atoms with Crippen LogP contribution >= 0.6 is 11.6 Å². The summed E-state index contributed by atoms with van der Waals surface area (Å²) < 4.78 is 21.0. The van der Waals surface area contributed by atoms with Crippen molar-refractivity contribution < 1.29 is 9.13 Å². The highest BCUT2D eigenvalue weighted by atomic mass is 35.5. The molecule has 1 saturated heterocycles. The lowest BCUT2D eigenvalue weighted by atomic mass is 10.1. The van der Waals surface area contributed by atoms with Crippen molar-refractivity contribution in [1.29, 1.82) is 0 Å². The summed E-state index contributed by atoms with van der Waals surface area (Å²) in [6.45, 7) is 1.50. The molecule has 0 radical (unpaired) electrons. The maximum Gasteiger partial charge on any atom is 0.125 e. The maximum absolute atomic E-state index is 13.5. The third-order valence-corrected chi connectivity index (χ3v) is 3.79. The van der Waals surface area contributed by atoms with Crippen LogP contribution in [0.3, 0.4) is 0 Å². The second-order valence-corrected chi connectivity index (χ2v) is 5.19. The van der Waals surface area contributed by atoms with E-state index >= 15 is 0 Å². The summed E-state index contributed by atoms with van der Waals surface area (Å²) in [4.78, 5) is 4.59. The van der Waals surface area contributed by atoms with Gasteiger partial charge in [-0.2, -0.15) is 0 Å². The number of aryl methyl sites for hydroxylation is 1. The molecular weight excluding hydrogens is 267 g/mol. The summed E-state index contributed by atoms with van der Waals surface area (Å²) in [6.07, 6.45) is 2.59. The lowest BCUT2D eigenvalue weighted by Gasteiger charge is -2.25. The molecule has 5 heteroatoms. The van der Waals surface area contributed by atoms with Crippen LogP contribution in [0.5, 0.6) is 0 Å². The number of ether oxygens (including phenoxy) is 1. The summed E-state index contributed by atoms with van der Waals surface area (Å²) >= 11 is 5.85. The summed E-state index contributed by atoms with van der Waals surface area (Å²) in [5.41, 5.74) is 1.71. The predicted molar refractivity (Wildman–Crippen MR) is 73.2 cm³/mol. The topological polar surface area (TPSA) is 27.1 Å². The Morgan fingerprint density at radius 3 is 2.89 bits per heavy atom. The number of hydrogen-bond acceptors (Lipinski definition) is 2. The second-order valence-electron chi connectivity index (χ2n) is 4.81. The average molecular weight is 283 g/mol. The van der Waals surface area contributed by atoms with Crippen molar-refractivity contribution in [1.82, 2.24) is 9.55 Å². The van der Waals surface area contributed by atoms with E-state index in [1.807, 2.05) is 0 Å². The number of benzene rings is 1. The standard InChI is InChI=1S/C14H16ClFN2O/c15-6-3-14-17-12-2-1-10(16)9-13(12)18(14)11-4-7-19-8-5-11/h1-2,9,11H,3-8H2. The van der Waals surface area contributed by atoms with Gasteiger partial charge in [0.2, 0.25) is 0 Å². The molecule has 3 rings (SSSR count). The molecule has 0 bridgehead atoms. The molecule has 1 aromatic heterocycles. The summed E-state index contributed by atoms with van der Waals surface area (Å²) in [7, 11) is 0. The molecule has 0 unspecified atom stereocenters. The Labute approximate surface area is 116 Å². The van der Waals surface area contributed by atoms with E-state index < -0.39 is 0 Å². The smallest absolute Gasteiger partial charge is 0.125 e. The number of hydrogen-bond donors (Lipinski definition) is 0. The molecule has 2 aromatic rings. The Balaban J connectivity index is 2.11. The van der Waals surface area contributed by atoms with Crippen LogP contribution in [0.4, 0.5) is 4.39 Å². The maximum atomic E-state index is 13.5. The largest absolute Gasteiger partial charge is 0.381 e. The highest BCUT2D eigenvalue weighted by Gasteiger charge is 2.21. The monoisotopic (exact) mass is 282 g/mol.